The summed E-state index contributed by atoms with van der Waals surface area (Å²) < 4.78 is 11.5. The van der Waals surface area contributed by atoms with E-state index >= 15 is 0 Å². The highest BCUT2D eigenvalue weighted by atomic mass is 16.5. The molecular weight excluding hydrogens is 482 g/mol. The summed E-state index contributed by atoms with van der Waals surface area (Å²) in [5, 5.41) is 11.4. The lowest BCUT2D eigenvalue weighted by Gasteiger charge is -2.23. The van der Waals surface area contributed by atoms with E-state index in [-0.39, 0.29) is 23.4 Å². The summed E-state index contributed by atoms with van der Waals surface area (Å²) in [6.45, 7) is 6.39. The van der Waals surface area contributed by atoms with E-state index in [2.05, 4.69) is 9.97 Å². The van der Waals surface area contributed by atoms with Crippen LogP contribution in [0.2, 0.25) is 0 Å². The molecule has 38 heavy (non-hydrogen) atoms. The number of hydrogen-bond donors (Lipinski definition) is 2. The molecule has 0 radical (unpaired) electrons. The van der Waals surface area contributed by atoms with Gasteiger partial charge in [0.25, 0.3) is 5.78 Å². The van der Waals surface area contributed by atoms with Crippen molar-refractivity contribution in [3.63, 3.8) is 0 Å². The van der Waals surface area contributed by atoms with Gasteiger partial charge >= 0.3 is 5.91 Å². The first-order valence-corrected chi connectivity index (χ1v) is 12.6. The topological polar surface area (TPSA) is 105 Å². The van der Waals surface area contributed by atoms with Gasteiger partial charge in [-0.3, -0.25) is 14.5 Å². The number of aromatic nitrogens is 2. The minimum absolute atomic E-state index is 0.00996. The Hall–Kier alpha value is -4.59. The Bertz CT molecular complexity index is 1490. The first kappa shape index (κ1) is 25.1. The molecule has 2 N–H and O–H groups in total. The molecule has 1 fully saturated rings. The number of carbonyl (C=O) groups excluding carboxylic acids is 2. The Morgan fingerprint density at radius 2 is 1.79 bits per heavy atom. The Balaban J connectivity index is 1.65. The number of para-hydroxylation sites is 2. The van der Waals surface area contributed by atoms with Crippen LogP contribution in [0.25, 0.3) is 16.8 Å². The number of hydrogen-bond acceptors (Lipinski definition) is 6. The third-order valence-corrected chi connectivity index (χ3v) is 6.20. The molecule has 8 heteroatoms. The maximum absolute atomic E-state index is 13.5. The van der Waals surface area contributed by atoms with Crippen LogP contribution < -0.4 is 14.4 Å². The van der Waals surface area contributed by atoms with Crippen molar-refractivity contribution in [3.8, 4) is 11.5 Å². The Morgan fingerprint density at radius 1 is 1.03 bits per heavy atom. The van der Waals surface area contributed by atoms with E-state index in [1.54, 1.807) is 48.5 Å². The molecule has 0 bridgehead atoms. The third-order valence-electron chi connectivity index (χ3n) is 6.20. The molecule has 0 saturated carbocycles. The van der Waals surface area contributed by atoms with Crippen LogP contribution in [0.5, 0.6) is 11.5 Å². The second kappa shape index (κ2) is 10.4. The van der Waals surface area contributed by atoms with Crippen molar-refractivity contribution in [2.24, 2.45) is 0 Å². The molecule has 1 saturated heterocycles. The van der Waals surface area contributed by atoms with Crippen LogP contribution in [0.4, 0.5) is 5.95 Å². The fourth-order valence-electron chi connectivity index (χ4n) is 4.53. The van der Waals surface area contributed by atoms with Gasteiger partial charge in [-0.1, -0.05) is 43.3 Å². The first-order chi connectivity index (χ1) is 18.4. The minimum Gasteiger partial charge on any atom is -0.507 e. The molecule has 0 spiro atoms. The van der Waals surface area contributed by atoms with E-state index in [9.17, 15) is 14.7 Å². The van der Waals surface area contributed by atoms with E-state index in [4.69, 9.17) is 9.47 Å². The van der Waals surface area contributed by atoms with Gasteiger partial charge in [0.2, 0.25) is 5.95 Å². The van der Waals surface area contributed by atoms with Crippen molar-refractivity contribution in [1.29, 1.82) is 0 Å². The molecule has 194 valence electrons. The summed E-state index contributed by atoms with van der Waals surface area (Å²) in [4.78, 5) is 36.0. The summed E-state index contributed by atoms with van der Waals surface area (Å²) >= 11 is 0. The molecule has 1 amide bonds. The van der Waals surface area contributed by atoms with Crippen molar-refractivity contribution in [1.82, 2.24) is 9.97 Å². The van der Waals surface area contributed by atoms with E-state index < -0.39 is 17.7 Å². The zero-order chi connectivity index (χ0) is 26.8. The lowest BCUT2D eigenvalue weighted by atomic mass is 9.95. The number of anilines is 1. The van der Waals surface area contributed by atoms with Gasteiger partial charge in [-0.2, -0.15) is 0 Å². The molecule has 8 nitrogen and oxygen atoms in total. The minimum atomic E-state index is -0.913. The summed E-state index contributed by atoms with van der Waals surface area (Å²) in [5.41, 5.74) is 2.36. The largest absolute Gasteiger partial charge is 0.507 e. The summed E-state index contributed by atoms with van der Waals surface area (Å²) in [6, 6.07) is 20.5. The lowest BCUT2D eigenvalue weighted by Crippen LogP contribution is -2.30. The van der Waals surface area contributed by atoms with Crippen LogP contribution in [0.1, 0.15) is 44.4 Å². The molecule has 1 aromatic heterocycles. The lowest BCUT2D eigenvalue weighted by molar-refractivity contribution is -0.132. The number of nitrogens with one attached hydrogen (secondary N) is 1. The van der Waals surface area contributed by atoms with Crippen LogP contribution in [0, 0.1) is 0 Å². The van der Waals surface area contributed by atoms with Crippen molar-refractivity contribution >= 4 is 34.4 Å². The average Bonchev–Trinajstić information content (AvgIpc) is 3.45. The number of H-pyrrole nitrogens is 1. The number of nitrogens with zero attached hydrogens (tertiary/aromatic N) is 2. The average molecular weight is 512 g/mol. The summed E-state index contributed by atoms with van der Waals surface area (Å²) in [6.07, 6.45) is 0.819. The molecule has 5 rings (SSSR count). The van der Waals surface area contributed by atoms with Crippen LogP contribution in [0.3, 0.4) is 0 Å². The van der Waals surface area contributed by atoms with Crippen molar-refractivity contribution in [2.75, 3.05) is 11.5 Å². The standard InChI is InChI=1S/C30H29N3O5/c1-4-16-37-22-9-7-8-20(17-22)27(34)25-26(19-12-14-21(15-13-19)38-18(2)3)33(29(36)28(25)35)30-31-23-10-5-6-11-24(23)32-30/h5-15,17-18,26,34H,4,16H2,1-3H3,(H,31,32)/b27-25+. The molecule has 3 aromatic carbocycles. The Kier molecular flexibility index (Phi) is 6.87. The molecular formula is C30H29N3O5. The van der Waals surface area contributed by atoms with Crippen molar-refractivity contribution < 1.29 is 24.2 Å². The van der Waals surface area contributed by atoms with E-state index in [1.807, 2.05) is 45.0 Å². The van der Waals surface area contributed by atoms with Gasteiger partial charge in [-0.25, -0.2) is 4.98 Å². The van der Waals surface area contributed by atoms with Crippen molar-refractivity contribution in [3.05, 3.63) is 89.5 Å². The SMILES string of the molecule is CCCOc1cccc(/C(O)=C2\C(=O)C(=O)N(c3nc4ccccc4[nH]3)C2c2ccc(OC(C)C)cc2)c1. The zero-order valence-electron chi connectivity index (χ0n) is 21.5. The molecule has 4 aromatic rings. The van der Waals surface area contributed by atoms with Crippen LogP contribution in [0.15, 0.2) is 78.4 Å². The number of aliphatic hydroxyl groups excluding tert-OH is 1. The normalized spacial score (nSPS) is 16.9. The quantitative estimate of drug-likeness (QED) is 0.177. The van der Waals surface area contributed by atoms with Gasteiger partial charge < -0.3 is 19.6 Å². The predicted octanol–water partition coefficient (Wildman–Crippen LogP) is 5.77. The highest BCUT2D eigenvalue weighted by Crippen LogP contribution is 2.42. The fraction of sp³-hybridized carbons (Fsp3) is 0.233. The smallest absolute Gasteiger partial charge is 0.302 e. The van der Waals surface area contributed by atoms with Gasteiger partial charge in [-0.05, 0) is 62.2 Å². The van der Waals surface area contributed by atoms with Gasteiger partial charge in [0.1, 0.15) is 17.3 Å². The Morgan fingerprint density at radius 3 is 2.50 bits per heavy atom. The van der Waals surface area contributed by atoms with Gasteiger partial charge in [0, 0.05) is 5.56 Å². The molecule has 1 unspecified atom stereocenters. The molecule has 1 atom stereocenters. The number of fused-ring (bicyclic) bond motifs is 1. The van der Waals surface area contributed by atoms with E-state index in [0.29, 0.717) is 34.7 Å². The van der Waals surface area contributed by atoms with Crippen LogP contribution in [-0.4, -0.2) is 39.5 Å². The Labute approximate surface area is 220 Å². The van der Waals surface area contributed by atoms with E-state index in [1.165, 1.54) is 4.90 Å². The number of rotatable bonds is 8. The highest BCUT2D eigenvalue weighted by molar-refractivity contribution is 6.51. The number of imidazole rings is 1. The number of ketones is 1. The van der Waals surface area contributed by atoms with Crippen molar-refractivity contribution in [2.45, 2.75) is 39.3 Å². The van der Waals surface area contributed by atoms with Gasteiger partial charge in [-0.15, -0.1) is 0 Å². The number of benzene rings is 3. The number of amides is 1. The fourth-order valence-corrected chi connectivity index (χ4v) is 4.53. The van der Waals surface area contributed by atoms with E-state index in [0.717, 1.165) is 11.9 Å². The number of aromatic amines is 1. The second-order valence-electron chi connectivity index (χ2n) is 9.36. The second-order valence-corrected chi connectivity index (χ2v) is 9.36. The predicted molar refractivity (Wildman–Crippen MR) is 145 cm³/mol. The molecule has 2 heterocycles. The number of Topliss-reactive ketones (excluding diaryl/α,β-unsaturated/α-hetero) is 1. The maximum Gasteiger partial charge on any atom is 0.302 e. The molecule has 0 aliphatic carbocycles. The van der Waals surface area contributed by atoms with Crippen LogP contribution >= 0.6 is 0 Å². The first-order valence-electron chi connectivity index (χ1n) is 12.6. The number of carbonyl (C=O) groups is 2. The van der Waals surface area contributed by atoms with Gasteiger partial charge in [0.05, 0.1) is 35.4 Å². The zero-order valence-corrected chi connectivity index (χ0v) is 21.5. The van der Waals surface area contributed by atoms with Crippen LogP contribution in [-0.2, 0) is 9.59 Å². The molecule has 1 aliphatic rings. The monoisotopic (exact) mass is 511 g/mol. The molecule has 1 aliphatic heterocycles. The van der Waals surface area contributed by atoms with Gasteiger partial charge in [0.15, 0.2) is 0 Å². The highest BCUT2D eigenvalue weighted by Gasteiger charge is 2.48. The summed E-state index contributed by atoms with van der Waals surface area (Å²) in [7, 11) is 0. The maximum atomic E-state index is 13.5. The third kappa shape index (κ3) is 4.72. The number of aliphatic hydroxyl groups is 1. The number of ether oxygens (including phenoxy) is 2. The summed E-state index contributed by atoms with van der Waals surface area (Å²) in [5.74, 6) is -0.414.